The Bertz CT molecular complexity index is 959. The van der Waals surface area contributed by atoms with Crippen molar-refractivity contribution >= 4 is 5.65 Å². The molecule has 1 N–H and O–H groups in total. The van der Waals surface area contributed by atoms with Gasteiger partial charge >= 0.3 is 0 Å². The molecule has 0 saturated carbocycles. The Morgan fingerprint density at radius 1 is 1.35 bits per heavy atom. The van der Waals surface area contributed by atoms with Gasteiger partial charge in [0.2, 0.25) is 0 Å². The van der Waals surface area contributed by atoms with Crippen LogP contribution in [0.5, 0.6) is 0 Å². The molecule has 1 aliphatic heterocycles. The number of rotatable bonds is 4. The highest BCUT2D eigenvalue weighted by Crippen LogP contribution is 2.31. The summed E-state index contributed by atoms with van der Waals surface area (Å²) in [5.74, 6) is 0. The number of piperidine rings is 1. The van der Waals surface area contributed by atoms with Crippen LogP contribution >= 0.6 is 0 Å². The first kappa shape index (κ1) is 17.0. The van der Waals surface area contributed by atoms with E-state index in [9.17, 15) is 4.79 Å². The van der Waals surface area contributed by atoms with Crippen LogP contribution in [-0.2, 0) is 13.0 Å². The van der Waals surface area contributed by atoms with Gasteiger partial charge in [-0.3, -0.25) is 19.8 Å². The predicted molar refractivity (Wildman–Crippen MR) is 101 cm³/mol. The first-order chi connectivity index (χ1) is 12.7. The lowest BCUT2D eigenvalue weighted by atomic mass is 9.99. The van der Waals surface area contributed by atoms with Crippen molar-refractivity contribution in [2.75, 3.05) is 6.54 Å². The third-order valence-electron chi connectivity index (χ3n) is 5.37. The number of aromatic amines is 1. The van der Waals surface area contributed by atoms with Gasteiger partial charge in [0, 0.05) is 36.3 Å². The Morgan fingerprint density at radius 2 is 2.23 bits per heavy atom. The fourth-order valence-electron chi connectivity index (χ4n) is 4.02. The molecule has 1 fully saturated rings. The zero-order chi connectivity index (χ0) is 18.1. The van der Waals surface area contributed by atoms with Gasteiger partial charge in [0.1, 0.15) is 0 Å². The van der Waals surface area contributed by atoms with E-state index in [1.54, 1.807) is 10.7 Å². The van der Waals surface area contributed by atoms with Crippen molar-refractivity contribution in [1.82, 2.24) is 24.5 Å². The van der Waals surface area contributed by atoms with Gasteiger partial charge in [-0.2, -0.15) is 0 Å². The van der Waals surface area contributed by atoms with E-state index in [0.717, 1.165) is 36.5 Å². The summed E-state index contributed by atoms with van der Waals surface area (Å²) in [5, 5.41) is 3.34. The molecule has 0 amide bonds. The van der Waals surface area contributed by atoms with E-state index in [-0.39, 0.29) is 11.6 Å². The molecule has 1 aliphatic rings. The summed E-state index contributed by atoms with van der Waals surface area (Å²) in [6, 6.07) is 6.42. The minimum Gasteiger partial charge on any atom is -0.292 e. The Balaban J connectivity index is 1.70. The molecule has 4 rings (SSSR count). The molecule has 26 heavy (non-hydrogen) atoms. The SMILES string of the molecule is CCc1c(C)nc2cc([C@H]3CCCCN3Cc3cccnc3)[nH]n2c1=O. The smallest absolute Gasteiger partial charge is 0.276 e. The van der Waals surface area contributed by atoms with E-state index < -0.39 is 0 Å². The lowest BCUT2D eigenvalue weighted by molar-refractivity contribution is 0.137. The summed E-state index contributed by atoms with van der Waals surface area (Å²) in [4.78, 5) is 24.1. The summed E-state index contributed by atoms with van der Waals surface area (Å²) in [6.07, 6.45) is 7.92. The molecule has 0 unspecified atom stereocenters. The van der Waals surface area contributed by atoms with E-state index >= 15 is 0 Å². The van der Waals surface area contributed by atoms with Gasteiger partial charge in [0.05, 0.1) is 11.7 Å². The second kappa shape index (κ2) is 7.03. The maximum atomic E-state index is 12.7. The monoisotopic (exact) mass is 351 g/mol. The minimum absolute atomic E-state index is 0.0240. The number of aryl methyl sites for hydroxylation is 1. The lowest BCUT2D eigenvalue weighted by Crippen LogP contribution is -2.33. The highest BCUT2D eigenvalue weighted by molar-refractivity contribution is 5.42. The predicted octanol–water partition coefficient (Wildman–Crippen LogP) is 3.02. The number of nitrogens with zero attached hydrogens (tertiary/aromatic N) is 4. The molecule has 0 bridgehead atoms. The largest absolute Gasteiger partial charge is 0.292 e. The maximum Gasteiger partial charge on any atom is 0.276 e. The van der Waals surface area contributed by atoms with Crippen LogP contribution in [0.15, 0.2) is 35.4 Å². The van der Waals surface area contributed by atoms with Crippen LogP contribution < -0.4 is 5.56 Å². The van der Waals surface area contributed by atoms with E-state index in [1.807, 2.05) is 32.2 Å². The van der Waals surface area contributed by atoms with Gasteiger partial charge < -0.3 is 0 Å². The quantitative estimate of drug-likeness (QED) is 0.785. The number of fused-ring (bicyclic) bond motifs is 1. The van der Waals surface area contributed by atoms with Crippen LogP contribution in [0.4, 0.5) is 0 Å². The standard InChI is InChI=1S/C20H25N5O/c1-3-16-14(2)22-19-11-17(23-25(19)20(16)26)18-8-4-5-10-24(18)13-15-7-6-9-21-12-15/h6-7,9,11-12,18,23H,3-5,8,10,13H2,1-2H3/t18-/m1/s1. The number of hydrogen-bond donors (Lipinski definition) is 1. The lowest BCUT2D eigenvalue weighted by Gasteiger charge is -2.35. The Hall–Kier alpha value is -2.47. The van der Waals surface area contributed by atoms with Crippen LogP contribution in [0.2, 0.25) is 0 Å². The molecule has 136 valence electrons. The molecule has 0 spiro atoms. The highest BCUT2D eigenvalue weighted by Gasteiger charge is 2.26. The molecule has 0 aliphatic carbocycles. The molecule has 1 saturated heterocycles. The zero-order valence-electron chi connectivity index (χ0n) is 15.4. The van der Waals surface area contributed by atoms with Gasteiger partial charge in [-0.05, 0) is 44.4 Å². The molecular formula is C20H25N5O. The van der Waals surface area contributed by atoms with Crippen LogP contribution in [0.1, 0.15) is 54.7 Å². The molecule has 0 aromatic carbocycles. The molecule has 3 aromatic rings. The van der Waals surface area contributed by atoms with Crippen LogP contribution in [0.25, 0.3) is 5.65 Å². The Morgan fingerprint density at radius 3 is 3.00 bits per heavy atom. The number of aromatic nitrogens is 4. The van der Waals surface area contributed by atoms with Crippen LogP contribution in [0.3, 0.4) is 0 Å². The molecule has 1 atom stereocenters. The Labute approximate surface area is 152 Å². The van der Waals surface area contributed by atoms with Crippen molar-refractivity contribution in [3.63, 3.8) is 0 Å². The fraction of sp³-hybridized carbons (Fsp3) is 0.450. The Kier molecular flexibility index (Phi) is 4.59. The average Bonchev–Trinajstić information content (AvgIpc) is 3.07. The number of hydrogen-bond acceptors (Lipinski definition) is 4. The number of likely N-dealkylation sites (tertiary alicyclic amines) is 1. The summed E-state index contributed by atoms with van der Waals surface area (Å²) in [7, 11) is 0. The van der Waals surface area contributed by atoms with E-state index in [4.69, 9.17) is 0 Å². The third-order valence-corrected chi connectivity index (χ3v) is 5.37. The second-order valence-electron chi connectivity index (χ2n) is 7.08. The maximum absolute atomic E-state index is 12.7. The number of pyridine rings is 1. The van der Waals surface area contributed by atoms with Gasteiger partial charge in [-0.15, -0.1) is 0 Å². The summed E-state index contributed by atoms with van der Waals surface area (Å²) < 4.78 is 1.61. The molecule has 6 heteroatoms. The van der Waals surface area contributed by atoms with Crippen molar-refractivity contribution in [2.24, 2.45) is 0 Å². The first-order valence-electron chi connectivity index (χ1n) is 9.41. The summed E-state index contributed by atoms with van der Waals surface area (Å²) in [6.45, 7) is 5.84. The zero-order valence-corrected chi connectivity index (χ0v) is 15.4. The van der Waals surface area contributed by atoms with Gasteiger partial charge in [0.15, 0.2) is 5.65 Å². The summed E-state index contributed by atoms with van der Waals surface area (Å²) in [5.41, 5.74) is 4.65. The van der Waals surface area contributed by atoms with Crippen molar-refractivity contribution in [3.8, 4) is 0 Å². The van der Waals surface area contributed by atoms with Gasteiger partial charge in [-0.1, -0.05) is 19.4 Å². The fourth-order valence-corrected chi connectivity index (χ4v) is 4.02. The molecule has 6 nitrogen and oxygen atoms in total. The summed E-state index contributed by atoms with van der Waals surface area (Å²) >= 11 is 0. The third kappa shape index (κ3) is 3.05. The van der Waals surface area contributed by atoms with Gasteiger partial charge in [-0.25, -0.2) is 9.50 Å². The molecule has 0 radical (unpaired) electrons. The van der Waals surface area contributed by atoms with Gasteiger partial charge in [0.25, 0.3) is 5.56 Å². The minimum atomic E-state index is 0.0240. The van der Waals surface area contributed by atoms with Crippen LogP contribution in [-0.4, -0.2) is 31.0 Å². The van der Waals surface area contributed by atoms with Crippen molar-refractivity contribution in [1.29, 1.82) is 0 Å². The number of H-pyrrole nitrogens is 1. The van der Waals surface area contributed by atoms with Crippen LogP contribution in [0, 0.1) is 6.92 Å². The van der Waals surface area contributed by atoms with Crippen molar-refractivity contribution < 1.29 is 0 Å². The van der Waals surface area contributed by atoms with E-state index in [2.05, 4.69) is 26.0 Å². The second-order valence-corrected chi connectivity index (χ2v) is 7.08. The highest BCUT2D eigenvalue weighted by atomic mass is 16.1. The number of nitrogens with one attached hydrogen (secondary N) is 1. The van der Waals surface area contributed by atoms with Crippen molar-refractivity contribution in [2.45, 2.75) is 52.1 Å². The van der Waals surface area contributed by atoms with E-state index in [0.29, 0.717) is 12.1 Å². The average molecular weight is 351 g/mol. The topological polar surface area (TPSA) is 66.3 Å². The molecular weight excluding hydrogens is 326 g/mol. The molecule has 4 heterocycles. The van der Waals surface area contributed by atoms with Crippen molar-refractivity contribution in [3.05, 3.63) is 63.5 Å². The molecule has 3 aromatic heterocycles. The van der Waals surface area contributed by atoms with E-state index in [1.165, 1.54) is 18.4 Å². The first-order valence-corrected chi connectivity index (χ1v) is 9.41. The normalized spacial score (nSPS) is 18.5.